The molecule has 5 heterocycles. The molecule has 2 fully saturated rings. The third kappa shape index (κ3) is 3.56. The highest BCUT2D eigenvalue weighted by molar-refractivity contribution is 7.86. The summed E-state index contributed by atoms with van der Waals surface area (Å²) in [6.07, 6.45) is 4.25. The van der Waals surface area contributed by atoms with Gasteiger partial charge in [-0.05, 0) is 25.5 Å². The first kappa shape index (κ1) is 18.4. The van der Waals surface area contributed by atoms with Crippen molar-refractivity contribution in [1.82, 2.24) is 20.2 Å². The van der Waals surface area contributed by atoms with Crippen LogP contribution in [0.2, 0.25) is 0 Å². The monoisotopic (exact) mass is 410 g/mol. The Kier molecular flexibility index (Phi) is 4.84. The number of rotatable bonds is 3. The minimum Gasteiger partial charge on any atom is -0.377 e. The Hall–Kier alpha value is -2.65. The van der Waals surface area contributed by atoms with E-state index in [4.69, 9.17) is 14.7 Å². The molecule has 150 valence electrons. The zero-order chi connectivity index (χ0) is 19.8. The van der Waals surface area contributed by atoms with Crippen LogP contribution in [0.15, 0.2) is 35.6 Å². The zero-order valence-electron chi connectivity index (χ0n) is 16.2. The summed E-state index contributed by atoms with van der Waals surface area (Å²) in [6, 6.07) is 6.09. The van der Waals surface area contributed by atoms with Gasteiger partial charge in [-0.2, -0.15) is 5.10 Å². The van der Waals surface area contributed by atoms with E-state index in [1.807, 2.05) is 18.2 Å². The molecule has 1 unspecified atom stereocenters. The van der Waals surface area contributed by atoms with Gasteiger partial charge >= 0.3 is 0 Å². The van der Waals surface area contributed by atoms with Gasteiger partial charge in [0.25, 0.3) is 0 Å². The van der Waals surface area contributed by atoms with E-state index < -0.39 is 10.8 Å². The van der Waals surface area contributed by atoms with Crippen molar-refractivity contribution in [2.45, 2.75) is 19.4 Å². The van der Waals surface area contributed by atoms with Crippen molar-refractivity contribution in [3.05, 3.63) is 30.6 Å². The van der Waals surface area contributed by atoms with Gasteiger partial charge in [0.05, 0.1) is 36.4 Å². The summed E-state index contributed by atoms with van der Waals surface area (Å²) in [5.41, 5.74) is 4.18. The number of morpholine rings is 1. The molecule has 3 aromatic heterocycles. The van der Waals surface area contributed by atoms with E-state index in [1.165, 1.54) is 0 Å². The first-order valence-corrected chi connectivity index (χ1v) is 11.2. The summed E-state index contributed by atoms with van der Waals surface area (Å²) in [6.45, 7) is 4.26. The SMILES string of the molecule is C[C@@H]1COCCN1c1cc(N=C2CCS(=O)C2)c2ccnc(-c3ccn[nH]3)c2n1. The Labute approximate surface area is 170 Å². The van der Waals surface area contributed by atoms with Crippen LogP contribution in [-0.4, -0.2) is 67.4 Å². The predicted molar refractivity (Wildman–Crippen MR) is 114 cm³/mol. The summed E-state index contributed by atoms with van der Waals surface area (Å²) in [5, 5.41) is 7.98. The molecule has 2 aliphatic rings. The first-order valence-electron chi connectivity index (χ1n) is 9.74. The molecular formula is C20H22N6O2S. The van der Waals surface area contributed by atoms with Crippen LogP contribution in [0.4, 0.5) is 11.5 Å². The molecule has 9 heteroatoms. The van der Waals surface area contributed by atoms with Crippen molar-refractivity contribution in [1.29, 1.82) is 0 Å². The van der Waals surface area contributed by atoms with Gasteiger partial charge in [0.1, 0.15) is 17.0 Å². The maximum Gasteiger partial charge on any atom is 0.131 e. The lowest BCUT2D eigenvalue weighted by atomic mass is 10.1. The van der Waals surface area contributed by atoms with E-state index in [-0.39, 0.29) is 6.04 Å². The number of hydrogen-bond donors (Lipinski definition) is 1. The lowest BCUT2D eigenvalue weighted by molar-refractivity contribution is 0.0986. The second-order valence-corrected chi connectivity index (χ2v) is 8.94. The van der Waals surface area contributed by atoms with Crippen molar-refractivity contribution in [2.75, 3.05) is 36.2 Å². The number of hydrogen-bond acceptors (Lipinski definition) is 7. The number of pyridine rings is 2. The van der Waals surface area contributed by atoms with Gasteiger partial charge in [-0.15, -0.1) is 0 Å². The second kappa shape index (κ2) is 7.64. The van der Waals surface area contributed by atoms with Gasteiger partial charge in [0.2, 0.25) is 0 Å². The van der Waals surface area contributed by atoms with Crippen LogP contribution in [0.5, 0.6) is 0 Å². The molecule has 8 nitrogen and oxygen atoms in total. The van der Waals surface area contributed by atoms with E-state index in [2.05, 4.69) is 27.0 Å². The standard InChI is InChI=1S/C20H22N6O2S/c1-13-11-28-8-7-26(13)18-10-17(23-14-4-9-29(27)12-14)15-2-5-21-20(19(15)24-18)16-3-6-22-25-16/h2-3,5-6,10,13H,4,7-9,11-12H2,1H3,(H,22,25)/t13-,29?/m1/s1. The van der Waals surface area contributed by atoms with Gasteiger partial charge in [-0.1, -0.05) is 0 Å². The minimum atomic E-state index is -0.803. The average molecular weight is 411 g/mol. The molecule has 0 radical (unpaired) electrons. The van der Waals surface area contributed by atoms with Crippen LogP contribution >= 0.6 is 0 Å². The third-order valence-corrected chi connectivity index (χ3v) is 6.65. The van der Waals surface area contributed by atoms with E-state index in [9.17, 15) is 4.21 Å². The van der Waals surface area contributed by atoms with Crippen LogP contribution in [0, 0.1) is 0 Å². The van der Waals surface area contributed by atoms with Gasteiger partial charge in [-0.3, -0.25) is 19.3 Å². The molecule has 0 saturated carbocycles. The summed E-state index contributed by atoms with van der Waals surface area (Å²) >= 11 is 0. The van der Waals surface area contributed by atoms with E-state index in [0.29, 0.717) is 24.7 Å². The normalized spacial score (nSPS) is 23.9. The van der Waals surface area contributed by atoms with Crippen LogP contribution in [-0.2, 0) is 15.5 Å². The topological polar surface area (TPSA) is 96.4 Å². The quantitative estimate of drug-likeness (QED) is 0.713. The molecule has 0 aromatic carbocycles. The highest BCUT2D eigenvalue weighted by Gasteiger charge is 2.23. The fraction of sp³-hybridized carbons (Fsp3) is 0.400. The maximum atomic E-state index is 11.8. The number of nitrogens with one attached hydrogen (secondary N) is 1. The fourth-order valence-electron chi connectivity index (χ4n) is 3.83. The number of ether oxygens (including phenoxy) is 1. The molecule has 1 N–H and O–H groups in total. The zero-order valence-corrected chi connectivity index (χ0v) is 17.0. The Balaban J connectivity index is 1.71. The predicted octanol–water partition coefficient (Wildman–Crippen LogP) is 2.47. The van der Waals surface area contributed by atoms with Crippen molar-refractivity contribution >= 4 is 38.9 Å². The number of H-pyrrole nitrogens is 1. The number of aromatic amines is 1. The molecule has 0 aliphatic carbocycles. The first-order chi connectivity index (χ1) is 14.2. The number of fused-ring (bicyclic) bond motifs is 1. The molecule has 2 atom stereocenters. The highest BCUT2D eigenvalue weighted by Crippen LogP contribution is 2.35. The van der Waals surface area contributed by atoms with Crippen LogP contribution in [0.1, 0.15) is 13.3 Å². The van der Waals surface area contributed by atoms with Crippen LogP contribution in [0.3, 0.4) is 0 Å². The van der Waals surface area contributed by atoms with Crippen molar-refractivity contribution in [2.24, 2.45) is 4.99 Å². The van der Waals surface area contributed by atoms with E-state index in [1.54, 1.807) is 12.4 Å². The van der Waals surface area contributed by atoms with Gasteiger partial charge in [0, 0.05) is 52.7 Å². The lowest BCUT2D eigenvalue weighted by Crippen LogP contribution is -2.44. The van der Waals surface area contributed by atoms with E-state index in [0.717, 1.165) is 52.5 Å². The number of aliphatic imine (C=N–C) groups is 1. The molecule has 29 heavy (non-hydrogen) atoms. The number of aromatic nitrogens is 4. The van der Waals surface area contributed by atoms with Gasteiger partial charge in [0.15, 0.2) is 0 Å². The largest absolute Gasteiger partial charge is 0.377 e. The molecule has 2 aliphatic heterocycles. The summed E-state index contributed by atoms with van der Waals surface area (Å²) in [7, 11) is -0.803. The van der Waals surface area contributed by atoms with E-state index >= 15 is 0 Å². The summed E-state index contributed by atoms with van der Waals surface area (Å²) in [4.78, 5) is 16.7. The molecule has 0 amide bonds. The molecule has 0 spiro atoms. The molecule has 0 bridgehead atoms. The number of anilines is 1. The third-order valence-electron chi connectivity index (χ3n) is 5.33. The summed E-state index contributed by atoms with van der Waals surface area (Å²) in [5.74, 6) is 2.10. The maximum absolute atomic E-state index is 11.8. The molecule has 3 aromatic rings. The minimum absolute atomic E-state index is 0.223. The number of nitrogens with zero attached hydrogens (tertiary/aromatic N) is 5. The van der Waals surface area contributed by atoms with Crippen molar-refractivity contribution < 1.29 is 8.95 Å². The Morgan fingerprint density at radius 3 is 3.03 bits per heavy atom. The lowest BCUT2D eigenvalue weighted by Gasteiger charge is -2.34. The Morgan fingerprint density at radius 1 is 1.34 bits per heavy atom. The Morgan fingerprint density at radius 2 is 2.28 bits per heavy atom. The fourth-order valence-corrected chi connectivity index (χ4v) is 5.02. The van der Waals surface area contributed by atoms with Crippen molar-refractivity contribution in [3.8, 4) is 11.4 Å². The van der Waals surface area contributed by atoms with Crippen LogP contribution < -0.4 is 4.90 Å². The smallest absolute Gasteiger partial charge is 0.131 e. The van der Waals surface area contributed by atoms with Gasteiger partial charge in [-0.25, -0.2) is 4.98 Å². The van der Waals surface area contributed by atoms with Crippen LogP contribution in [0.25, 0.3) is 22.3 Å². The second-order valence-electron chi connectivity index (χ2n) is 7.36. The molecular weight excluding hydrogens is 388 g/mol. The summed E-state index contributed by atoms with van der Waals surface area (Å²) < 4.78 is 17.4. The molecule has 2 saturated heterocycles. The van der Waals surface area contributed by atoms with Gasteiger partial charge < -0.3 is 9.64 Å². The molecule has 5 rings (SSSR count). The average Bonchev–Trinajstić information content (AvgIpc) is 3.40. The van der Waals surface area contributed by atoms with Crippen molar-refractivity contribution in [3.63, 3.8) is 0 Å². The highest BCUT2D eigenvalue weighted by atomic mass is 32.2. The Bertz CT molecular complexity index is 1100.